The summed E-state index contributed by atoms with van der Waals surface area (Å²) in [6, 6.07) is 1.64. The molecule has 2 rings (SSSR count). The van der Waals surface area contributed by atoms with Crippen LogP contribution in [0.25, 0.3) is 0 Å². The number of aromatic carboxylic acids is 1. The highest BCUT2D eigenvalue weighted by Gasteiger charge is 2.23. The standard InChI is InChI=1S/C14H20N2O3/c1-3-10-5-4-6-11(8-10)19-14-15-9(2)7-12(16-14)13(17)18/h7,10-11H,3-6,8H2,1-2H3,(H,17,18). The van der Waals surface area contributed by atoms with Crippen molar-refractivity contribution in [2.24, 2.45) is 5.92 Å². The smallest absolute Gasteiger partial charge is 0.354 e. The van der Waals surface area contributed by atoms with Gasteiger partial charge in [0, 0.05) is 5.69 Å². The predicted molar refractivity (Wildman–Crippen MR) is 70.4 cm³/mol. The fraction of sp³-hybridized carbons (Fsp3) is 0.643. The Morgan fingerprint density at radius 1 is 1.47 bits per heavy atom. The summed E-state index contributed by atoms with van der Waals surface area (Å²) in [6.45, 7) is 3.94. The fourth-order valence-corrected chi connectivity index (χ4v) is 2.57. The summed E-state index contributed by atoms with van der Waals surface area (Å²) in [5, 5.41) is 8.97. The lowest BCUT2D eigenvalue weighted by atomic mass is 9.85. The van der Waals surface area contributed by atoms with Crippen LogP contribution >= 0.6 is 0 Å². The Bertz CT molecular complexity index is 462. The lowest BCUT2D eigenvalue weighted by molar-refractivity contribution is 0.0683. The number of hydrogen-bond donors (Lipinski definition) is 1. The van der Waals surface area contributed by atoms with Crippen LogP contribution in [0.15, 0.2) is 6.07 Å². The Balaban J connectivity index is 2.08. The molecule has 0 aromatic carbocycles. The first-order chi connectivity index (χ1) is 9.08. The summed E-state index contributed by atoms with van der Waals surface area (Å²) in [7, 11) is 0. The zero-order valence-corrected chi connectivity index (χ0v) is 11.4. The van der Waals surface area contributed by atoms with Crippen molar-refractivity contribution in [3.63, 3.8) is 0 Å². The average Bonchev–Trinajstić information content (AvgIpc) is 2.38. The van der Waals surface area contributed by atoms with Gasteiger partial charge in [-0.25, -0.2) is 9.78 Å². The number of carbonyl (C=O) groups is 1. The van der Waals surface area contributed by atoms with E-state index in [1.807, 2.05) is 0 Å². The van der Waals surface area contributed by atoms with Crippen molar-refractivity contribution in [3.05, 3.63) is 17.5 Å². The predicted octanol–water partition coefficient (Wildman–Crippen LogP) is 2.83. The molecule has 1 aliphatic rings. The van der Waals surface area contributed by atoms with Crippen LogP contribution in [0.4, 0.5) is 0 Å². The first-order valence-electron chi connectivity index (χ1n) is 6.84. The number of rotatable bonds is 4. The van der Waals surface area contributed by atoms with Gasteiger partial charge in [0.25, 0.3) is 0 Å². The van der Waals surface area contributed by atoms with E-state index in [0.717, 1.165) is 25.7 Å². The summed E-state index contributed by atoms with van der Waals surface area (Å²) in [6.07, 6.45) is 5.69. The molecule has 1 aromatic heterocycles. The van der Waals surface area contributed by atoms with E-state index < -0.39 is 5.97 Å². The molecule has 1 fully saturated rings. The molecule has 0 saturated heterocycles. The van der Waals surface area contributed by atoms with Crippen LogP contribution in [0.1, 0.15) is 55.2 Å². The molecule has 19 heavy (non-hydrogen) atoms. The van der Waals surface area contributed by atoms with E-state index in [0.29, 0.717) is 11.6 Å². The number of aromatic nitrogens is 2. The minimum absolute atomic E-state index is 0.00893. The van der Waals surface area contributed by atoms with Crippen LogP contribution in [0.2, 0.25) is 0 Å². The van der Waals surface area contributed by atoms with Crippen molar-refractivity contribution in [1.29, 1.82) is 0 Å². The Kier molecular flexibility index (Phi) is 4.35. The lowest BCUT2D eigenvalue weighted by Crippen LogP contribution is -2.26. The Hall–Kier alpha value is -1.65. The summed E-state index contributed by atoms with van der Waals surface area (Å²) in [4.78, 5) is 19.1. The van der Waals surface area contributed by atoms with Crippen molar-refractivity contribution < 1.29 is 14.6 Å². The molecule has 104 valence electrons. The van der Waals surface area contributed by atoms with Gasteiger partial charge in [-0.2, -0.15) is 4.98 Å². The van der Waals surface area contributed by atoms with Gasteiger partial charge in [-0.1, -0.05) is 19.8 Å². The van der Waals surface area contributed by atoms with E-state index in [4.69, 9.17) is 9.84 Å². The molecular weight excluding hydrogens is 244 g/mol. The molecular formula is C14H20N2O3. The zero-order chi connectivity index (χ0) is 13.8. The van der Waals surface area contributed by atoms with Crippen LogP contribution < -0.4 is 4.74 Å². The average molecular weight is 264 g/mol. The van der Waals surface area contributed by atoms with Gasteiger partial charge in [0.15, 0.2) is 5.69 Å². The van der Waals surface area contributed by atoms with E-state index in [9.17, 15) is 4.79 Å². The van der Waals surface area contributed by atoms with Gasteiger partial charge in [-0.15, -0.1) is 0 Å². The monoisotopic (exact) mass is 264 g/mol. The normalized spacial score (nSPS) is 23.1. The highest BCUT2D eigenvalue weighted by Crippen LogP contribution is 2.28. The number of aryl methyl sites for hydroxylation is 1. The van der Waals surface area contributed by atoms with Crippen LogP contribution in [-0.4, -0.2) is 27.1 Å². The van der Waals surface area contributed by atoms with Gasteiger partial charge in [0.1, 0.15) is 6.10 Å². The second-order valence-corrected chi connectivity index (χ2v) is 5.16. The van der Waals surface area contributed by atoms with Crippen molar-refractivity contribution in [1.82, 2.24) is 9.97 Å². The lowest BCUT2D eigenvalue weighted by Gasteiger charge is -2.28. The molecule has 1 aromatic rings. The second kappa shape index (κ2) is 5.99. The minimum atomic E-state index is -1.05. The molecule has 0 bridgehead atoms. The topological polar surface area (TPSA) is 72.3 Å². The van der Waals surface area contributed by atoms with E-state index in [-0.39, 0.29) is 17.8 Å². The summed E-state index contributed by atoms with van der Waals surface area (Å²) < 4.78 is 5.77. The number of ether oxygens (including phenoxy) is 1. The third kappa shape index (κ3) is 3.66. The maximum absolute atomic E-state index is 11.0. The molecule has 0 amide bonds. The molecule has 0 aliphatic heterocycles. The van der Waals surface area contributed by atoms with Gasteiger partial charge in [0.2, 0.25) is 0 Å². The Morgan fingerprint density at radius 3 is 2.95 bits per heavy atom. The van der Waals surface area contributed by atoms with Gasteiger partial charge in [-0.3, -0.25) is 0 Å². The van der Waals surface area contributed by atoms with Crippen molar-refractivity contribution in [2.45, 2.75) is 52.1 Å². The van der Waals surface area contributed by atoms with Crippen LogP contribution in [0.3, 0.4) is 0 Å². The maximum Gasteiger partial charge on any atom is 0.354 e. The summed E-state index contributed by atoms with van der Waals surface area (Å²) >= 11 is 0. The highest BCUT2D eigenvalue weighted by molar-refractivity contribution is 5.85. The molecule has 1 aliphatic carbocycles. The van der Waals surface area contributed by atoms with Crippen molar-refractivity contribution >= 4 is 5.97 Å². The van der Waals surface area contributed by atoms with E-state index in [2.05, 4.69) is 16.9 Å². The van der Waals surface area contributed by atoms with Gasteiger partial charge >= 0.3 is 12.0 Å². The molecule has 5 nitrogen and oxygen atoms in total. The molecule has 0 radical (unpaired) electrons. The quantitative estimate of drug-likeness (QED) is 0.905. The van der Waals surface area contributed by atoms with Gasteiger partial charge in [0.05, 0.1) is 0 Å². The number of nitrogens with zero attached hydrogens (tertiary/aromatic N) is 2. The van der Waals surface area contributed by atoms with Crippen LogP contribution in [-0.2, 0) is 0 Å². The molecule has 2 unspecified atom stereocenters. The second-order valence-electron chi connectivity index (χ2n) is 5.16. The molecule has 5 heteroatoms. The zero-order valence-electron chi connectivity index (χ0n) is 11.4. The summed E-state index contributed by atoms with van der Waals surface area (Å²) in [5.41, 5.74) is 0.607. The number of hydrogen-bond acceptors (Lipinski definition) is 4. The largest absolute Gasteiger partial charge is 0.477 e. The van der Waals surface area contributed by atoms with Crippen LogP contribution in [0, 0.1) is 12.8 Å². The van der Waals surface area contributed by atoms with Gasteiger partial charge in [-0.05, 0) is 38.2 Å². The molecule has 2 atom stereocenters. The first kappa shape index (κ1) is 13.8. The molecule has 1 N–H and O–H groups in total. The molecule has 0 spiro atoms. The number of carboxylic acids is 1. The van der Waals surface area contributed by atoms with Gasteiger partial charge < -0.3 is 9.84 Å². The maximum atomic E-state index is 11.0. The van der Waals surface area contributed by atoms with E-state index in [1.165, 1.54) is 12.5 Å². The van der Waals surface area contributed by atoms with Crippen molar-refractivity contribution in [3.8, 4) is 6.01 Å². The fourth-order valence-electron chi connectivity index (χ4n) is 2.57. The summed E-state index contributed by atoms with van der Waals surface area (Å²) in [5.74, 6) is -0.354. The molecule has 1 saturated carbocycles. The third-order valence-corrected chi connectivity index (χ3v) is 3.64. The number of carboxylic acid groups (broad SMARTS) is 1. The molecule has 1 heterocycles. The van der Waals surface area contributed by atoms with Crippen LogP contribution in [0.5, 0.6) is 6.01 Å². The van der Waals surface area contributed by atoms with Crippen molar-refractivity contribution in [2.75, 3.05) is 0 Å². The Morgan fingerprint density at radius 2 is 2.26 bits per heavy atom. The first-order valence-corrected chi connectivity index (χ1v) is 6.84. The minimum Gasteiger partial charge on any atom is -0.477 e. The Labute approximate surface area is 113 Å². The highest BCUT2D eigenvalue weighted by atomic mass is 16.5. The SMILES string of the molecule is CCC1CCCC(Oc2nc(C)cc(C(=O)O)n2)C1. The van der Waals surface area contributed by atoms with E-state index >= 15 is 0 Å². The van der Waals surface area contributed by atoms with E-state index in [1.54, 1.807) is 6.92 Å². The third-order valence-electron chi connectivity index (χ3n) is 3.64.